The lowest BCUT2D eigenvalue weighted by atomic mass is 10.2. The van der Waals surface area contributed by atoms with Crippen LogP contribution in [0.1, 0.15) is 40.7 Å². The van der Waals surface area contributed by atoms with Crippen LogP contribution in [0.25, 0.3) is 0 Å². The van der Waals surface area contributed by atoms with Crippen molar-refractivity contribution in [2.45, 2.75) is 19.8 Å². The number of carbonyl (C=O) groups excluding carboxylic acids is 1. The van der Waals surface area contributed by atoms with E-state index < -0.39 is 11.9 Å². The number of aromatic nitrogens is 2. The average molecular weight is 255 g/mol. The summed E-state index contributed by atoms with van der Waals surface area (Å²) < 4.78 is 0. The first-order chi connectivity index (χ1) is 8.61. The number of nitrogens with one attached hydrogen (secondary N) is 1. The van der Waals surface area contributed by atoms with Gasteiger partial charge in [0.1, 0.15) is 0 Å². The van der Waals surface area contributed by atoms with Gasteiger partial charge in [-0.3, -0.25) is 4.79 Å². The van der Waals surface area contributed by atoms with E-state index in [0.717, 1.165) is 12.8 Å². The van der Waals surface area contributed by atoms with E-state index in [0.29, 0.717) is 6.54 Å². The highest BCUT2D eigenvalue weighted by atomic mass is 16.4. The molecular formula is C11H17N3O4. The number of carboxylic acid groups (broad SMARTS) is 1. The van der Waals surface area contributed by atoms with Crippen LogP contribution in [0.15, 0.2) is 6.33 Å². The minimum Gasteiger partial charge on any atom is -0.477 e. The minimum absolute atomic E-state index is 0.118. The summed E-state index contributed by atoms with van der Waals surface area (Å²) in [4.78, 5) is 30.6. The number of aliphatic hydroxyl groups excluding tert-OH is 1. The first-order valence-corrected chi connectivity index (χ1v) is 5.78. The van der Waals surface area contributed by atoms with Gasteiger partial charge in [-0.1, -0.05) is 13.3 Å². The standard InChI is InChI=1S/C11H17N3O4/c1-2-3-4-14(5-6-15)10(16)8-9(11(17)18)13-7-12-8/h7,15H,2-6H2,1H3,(H,12,13)(H,17,18). The lowest BCUT2D eigenvalue weighted by molar-refractivity contribution is 0.0659. The van der Waals surface area contributed by atoms with Crippen molar-refractivity contribution in [2.75, 3.05) is 19.7 Å². The van der Waals surface area contributed by atoms with E-state index in [1.165, 1.54) is 11.2 Å². The van der Waals surface area contributed by atoms with Crippen molar-refractivity contribution >= 4 is 11.9 Å². The summed E-state index contributed by atoms with van der Waals surface area (Å²) in [6.07, 6.45) is 2.87. The van der Waals surface area contributed by atoms with E-state index in [-0.39, 0.29) is 24.5 Å². The maximum absolute atomic E-state index is 12.1. The fourth-order valence-electron chi connectivity index (χ4n) is 1.55. The molecule has 1 aromatic rings. The molecule has 1 amide bonds. The smallest absolute Gasteiger partial charge is 0.354 e. The van der Waals surface area contributed by atoms with Gasteiger partial charge in [-0.05, 0) is 6.42 Å². The third kappa shape index (κ3) is 3.30. The van der Waals surface area contributed by atoms with Gasteiger partial charge in [-0.25, -0.2) is 9.78 Å². The van der Waals surface area contributed by atoms with Crippen LogP contribution in [-0.2, 0) is 0 Å². The van der Waals surface area contributed by atoms with E-state index in [1.54, 1.807) is 0 Å². The Bertz CT molecular complexity index is 416. The molecule has 1 aromatic heterocycles. The molecule has 3 N–H and O–H groups in total. The highest BCUT2D eigenvalue weighted by Crippen LogP contribution is 2.08. The van der Waals surface area contributed by atoms with Crippen LogP contribution in [0.5, 0.6) is 0 Å². The molecule has 1 heterocycles. The molecule has 0 fully saturated rings. The second-order valence-corrected chi connectivity index (χ2v) is 3.80. The fourth-order valence-corrected chi connectivity index (χ4v) is 1.55. The largest absolute Gasteiger partial charge is 0.477 e. The normalized spacial score (nSPS) is 10.3. The highest BCUT2D eigenvalue weighted by molar-refractivity contribution is 6.02. The van der Waals surface area contributed by atoms with Gasteiger partial charge in [0, 0.05) is 13.1 Å². The molecule has 0 saturated carbocycles. The van der Waals surface area contributed by atoms with Crippen molar-refractivity contribution in [2.24, 2.45) is 0 Å². The van der Waals surface area contributed by atoms with Gasteiger partial charge in [0.2, 0.25) is 0 Å². The Hall–Kier alpha value is -1.89. The Morgan fingerprint density at radius 1 is 1.44 bits per heavy atom. The second kappa shape index (κ2) is 6.75. The molecular weight excluding hydrogens is 238 g/mol. The molecule has 100 valence electrons. The lowest BCUT2D eigenvalue weighted by Gasteiger charge is -2.20. The maximum Gasteiger partial charge on any atom is 0.354 e. The molecule has 0 aromatic carbocycles. The van der Waals surface area contributed by atoms with Gasteiger partial charge in [0.05, 0.1) is 12.9 Å². The molecule has 0 saturated heterocycles. The molecule has 0 bridgehead atoms. The summed E-state index contributed by atoms with van der Waals surface area (Å²) in [6.45, 7) is 2.47. The molecule has 0 aliphatic rings. The van der Waals surface area contributed by atoms with Crippen molar-refractivity contribution < 1.29 is 19.8 Å². The van der Waals surface area contributed by atoms with Gasteiger partial charge in [-0.15, -0.1) is 0 Å². The van der Waals surface area contributed by atoms with Gasteiger partial charge >= 0.3 is 5.97 Å². The molecule has 0 spiro atoms. The summed E-state index contributed by atoms with van der Waals surface area (Å²) in [7, 11) is 0. The SMILES string of the molecule is CCCCN(CCO)C(=O)c1nc[nH]c1C(=O)O. The van der Waals surface area contributed by atoms with Crippen LogP contribution in [0, 0.1) is 0 Å². The second-order valence-electron chi connectivity index (χ2n) is 3.80. The molecule has 1 rings (SSSR count). The van der Waals surface area contributed by atoms with Crippen LogP contribution in [0.3, 0.4) is 0 Å². The number of hydrogen-bond acceptors (Lipinski definition) is 4. The van der Waals surface area contributed by atoms with Crippen LogP contribution >= 0.6 is 0 Å². The first kappa shape index (κ1) is 14.2. The molecule has 18 heavy (non-hydrogen) atoms. The van der Waals surface area contributed by atoms with Gasteiger partial charge in [0.25, 0.3) is 5.91 Å². The van der Waals surface area contributed by atoms with E-state index >= 15 is 0 Å². The summed E-state index contributed by atoms with van der Waals surface area (Å²) in [5.41, 5.74) is -0.341. The number of nitrogens with zero attached hydrogens (tertiary/aromatic N) is 2. The first-order valence-electron chi connectivity index (χ1n) is 5.78. The predicted octanol–water partition coefficient (Wildman–Crippen LogP) is 0.343. The van der Waals surface area contributed by atoms with Crippen molar-refractivity contribution in [3.05, 3.63) is 17.7 Å². The van der Waals surface area contributed by atoms with Gasteiger partial charge in [0.15, 0.2) is 11.4 Å². The zero-order valence-electron chi connectivity index (χ0n) is 10.2. The monoisotopic (exact) mass is 255 g/mol. The third-order valence-electron chi connectivity index (χ3n) is 2.49. The van der Waals surface area contributed by atoms with Crippen molar-refractivity contribution in [3.63, 3.8) is 0 Å². The number of unbranched alkanes of at least 4 members (excludes halogenated alkanes) is 1. The number of imidazole rings is 1. The number of amides is 1. The van der Waals surface area contributed by atoms with Crippen LogP contribution in [0.4, 0.5) is 0 Å². The third-order valence-corrected chi connectivity index (χ3v) is 2.49. The molecule has 0 unspecified atom stereocenters. The number of carbonyl (C=O) groups is 2. The Morgan fingerprint density at radius 2 is 2.17 bits per heavy atom. The van der Waals surface area contributed by atoms with Gasteiger partial charge < -0.3 is 20.1 Å². The zero-order valence-corrected chi connectivity index (χ0v) is 10.2. The average Bonchev–Trinajstić information content (AvgIpc) is 2.82. The quantitative estimate of drug-likeness (QED) is 0.651. The van der Waals surface area contributed by atoms with Crippen LogP contribution in [-0.4, -0.2) is 56.7 Å². The van der Waals surface area contributed by atoms with Crippen molar-refractivity contribution in [1.29, 1.82) is 0 Å². The summed E-state index contributed by atoms with van der Waals surface area (Å²) in [6, 6.07) is 0. The fraction of sp³-hybridized carbons (Fsp3) is 0.545. The van der Waals surface area contributed by atoms with E-state index in [4.69, 9.17) is 10.2 Å². The van der Waals surface area contributed by atoms with E-state index in [9.17, 15) is 9.59 Å². The maximum atomic E-state index is 12.1. The Balaban J connectivity index is 2.87. The van der Waals surface area contributed by atoms with Gasteiger partial charge in [-0.2, -0.15) is 0 Å². The number of aromatic amines is 1. The Kier molecular flexibility index (Phi) is 5.31. The summed E-state index contributed by atoms with van der Waals surface area (Å²) in [5.74, 6) is -1.70. The highest BCUT2D eigenvalue weighted by Gasteiger charge is 2.23. The van der Waals surface area contributed by atoms with Crippen molar-refractivity contribution in [3.8, 4) is 0 Å². The minimum atomic E-state index is -1.23. The number of rotatable bonds is 7. The number of aliphatic hydroxyl groups is 1. The number of H-pyrrole nitrogens is 1. The van der Waals surface area contributed by atoms with Crippen molar-refractivity contribution in [1.82, 2.24) is 14.9 Å². The van der Waals surface area contributed by atoms with E-state index in [1.807, 2.05) is 6.92 Å². The topological polar surface area (TPSA) is 107 Å². The Morgan fingerprint density at radius 3 is 2.72 bits per heavy atom. The summed E-state index contributed by atoms with van der Waals surface area (Å²) in [5, 5.41) is 17.8. The lowest BCUT2D eigenvalue weighted by Crippen LogP contribution is -2.35. The van der Waals surface area contributed by atoms with Crippen LogP contribution < -0.4 is 0 Å². The Labute approximate surface area is 104 Å². The van der Waals surface area contributed by atoms with Crippen LogP contribution in [0.2, 0.25) is 0 Å². The summed E-state index contributed by atoms with van der Waals surface area (Å²) >= 11 is 0. The predicted molar refractivity (Wildman–Crippen MR) is 63.4 cm³/mol. The molecule has 0 atom stereocenters. The molecule has 0 aliphatic carbocycles. The number of carboxylic acids is 1. The molecule has 0 aliphatic heterocycles. The molecule has 0 radical (unpaired) electrons. The van der Waals surface area contributed by atoms with E-state index in [2.05, 4.69) is 9.97 Å². The molecule has 7 heteroatoms. The molecule has 7 nitrogen and oxygen atoms in total. The number of hydrogen-bond donors (Lipinski definition) is 3. The number of aromatic carboxylic acids is 1. The zero-order chi connectivity index (χ0) is 13.5.